The maximum atomic E-state index is 11.0. The Kier molecular flexibility index (Phi) is 8.81. The highest BCUT2D eigenvalue weighted by Crippen LogP contribution is 1.99. The topological polar surface area (TPSA) is 83.7 Å². The summed E-state index contributed by atoms with van der Waals surface area (Å²) >= 11 is 0. The number of hydrogen-bond acceptors (Lipinski definition) is 4. The second kappa shape index (κ2) is 9.18. The maximum absolute atomic E-state index is 11.0. The molecule has 0 aromatic carbocycles. The van der Waals surface area contributed by atoms with Gasteiger partial charge in [-0.1, -0.05) is 0 Å². The monoisotopic (exact) mass is 401 g/mol. The van der Waals surface area contributed by atoms with E-state index in [9.17, 15) is 8.42 Å². The smallest absolute Gasteiger partial charge is 0.191 e. The molecule has 1 aromatic heterocycles. The van der Waals surface area contributed by atoms with Gasteiger partial charge in [0.25, 0.3) is 0 Å². The number of rotatable bonds is 6. The van der Waals surface area contributed by atoms with Gasteiger partial charge in [-0.3, -0.25) is 4.99 Å². The summed E-state index contributed by atoms with van der Waals surface area (Å²) in [5, 5.41) is 6.01. The molecule has 0 spiro atoms. The molecule has 0 amide bonds. The fourth-order valence-corrected chi connectivity index (χ4v) is 1.81. The minimum atomic E-state index is -2.94. The third kappa shape index (κ3) is 8.87. The molecule has 6 nitrogen and oxygen atoms in total. The molecule has 0 saturated carbocycles. The van der Waals surface area contributed by atoms with E-state index in [0.29, 0.717) is 19.0 Å². The number of aliphatic imine (C=N–C) groups is 1. The molecule has 0 radical (unpaired) electrons. The van der Waals surface area contributed by atoms with Crippen LogP contribution in [0.5, 0.6) is 0 Å². The molecule has 0 unspecified atom stereocenters. The van der Waals surface area contributed by atoms with E-state index in [1.54, 1.807) is 13.3 Å². The van der Waals surface area contributed by atoms with Crippen molar-refractivity contribution >= 4 is 39.8 Å². The largest absolute Gasteiger partial charge is 0.469 e. The zero-order valence-electron chi connectivity index (χ0n) is 11.0. The Labute approximate surface area is 131 Å². The van der Waals surface area contributed by atoms with Gasteiger partial charge >= 0.3 is 0 Å². The van der Waals surface area contributed by atoms with Gasteiger partial charge in [0, 0.05) is 32.8 Å². The highest BCUT2D eigenvalue weighted by atomic mass is 127. The first-order valence-corrected chi connectivity index (χ1v) is 7.72. The van der Waals surface area contributed by atoms with Crippen molar-refractivity contribution in [3.05, 3.63) is 24.2 Å². The molecule has 1 heterocycles. The summed E-state index contributed by atoms with van der Waals surface area (Å²) < 4.78 is 27.1. The fraction of sp³-hybridized carbons (Fsp3) is 0.545. The molecule has 8 heteroatoms. The molecule has 0 saturated heterocycles. The number of guanidine groups is 1. The Morgan fingerprint density at radius 2 is 2.05 bits per heavy atom. The lowest BCUT2D eigenvalue weighted by molar-refractivity contribution is 0.507. The molecular weight excluding hydrogens is 381 g/mol. The summed E-state index contributed by atoms with van der Waals surface area (Å²) in [6.45, 7) is 1.02. The van der Waals surface area contributed by atoms with Crippen molar-refractivity contribution in [3.63, 3.8) is 0 Å². The molecule has 1 aromatic rings. The van der Waals surface area contributed by atoms with Crippen molar-refractivity contribution in [1.29, 1.82) is 0 Å². The molecule has 0 fully saturated rings. The van der Waals surface area contributed by atoms with Gasteiger partial charge in [-0.15, -0.1) is 24.0 Å². The molecule has 0 aliphatic rings. The molecule has 110 valence electrons. The Morgan fingerprint density at radius 1 is 1.37 bits per heavy atom. The summed E-state index contributed by atoms with van der Waals surface area (Å²) in [4.78, 5) is 4.00. The quantitative estimate of drug-likeness (QED) is 0.416. The third-order valence-electron chi connectivity index (χ3n) is 2.23. The van der Waals surface area contributed by atoms with E-state index >= 15 is 0 Å². The van der Waals surface area contributed by atoms with Gasteiger partial charge in [-0.25, -0.2) is 8.42 Å². The van der Waals surface area contributed by atoms with Gasteiger partial charge in [0.05, 0.1) is 12.0 Å². The maximum Gasteiger partial charge on any atom is 0.191 e. The highest BCUT2D eigenvalue weighted by molar-refractivity contribution is 14.0. The van der Waals surface area contributed by atoms with Gasteiger partial charge in [0.1, 0.15) is 15.6 Å². The SMILES string of the molecule is CN=C(NCCc1ccco1)NCCS(C)(=O)=O.I. The van der Waals surface area contributed by atoms with E-state index in [0.717, 1.165) is 12.2 Å². The van der Waals surface area contributed by atoms with Crippen LogP contribution < -0.4 is 10.6 Å². The van der Waals surface area contributed by atoms with Crippen molar-refractivity contribution in [3.8, 4) is 0 Å². The summed E-state index contributed by atoms with van der Waals surface area (Å²) in [5.74, 6) is 1.57. The van der Waals surface area contributed by atoms with Crippen LogP contribution in [-0.2, 0) is 16.3 Å². The third-order valence-corrected chi connectivity index (χ3v) is 3.18. The number of sulfone groups is 1. The first kappa shape index (κ1) is 18.2. The van der Waals surface area contributed by atoms with Gasteiger partial charge in [0.15, 0.2) is 5.96 Å². The van der Waals surface area contributed by atoms with Crippen molar-refractivity contribution in [1.82, 2.24) is 10.6 Å². The molecule has 0 aliphatic heterocycles. The van der Waals surface area contributed by atoms with Crippen LogP contribution in [0.15, 0.2) is 27.8 Å². The molecule has 19 heavy (non-hydrogen) atoms. The summed E-state index contributed by atoms with van der Waals surface area (Å²) in [6, 6.07) is 3.75. The van der Waals surface area contributed by atoms with Crippen LogP contribution >= 0.6 is 24.0 Å². The second-order valence-electron chi connectivity index (χ2n) is 3.89. The Morgan fingerprint density at radius 3 is 2.58 bits per heavy atom. The number of nitrogens with zero attached hydrogens (tertiary/aromatic N) is 1. The average molecular weight is 401 g/mol. The van der Waals surface area contributed by atoms with Gasteiger partial charge in [0.2, 0.25) is 0 Å². The van der Waals surface area contributed by atoms with Crippen LogP contribution in [0.1, 0.15) is 5.76 Å². The van der Waals surface area contributed by atoms with Crippen LogP contribution in [-0.4, -0.2) is 46.5 Å². The van der Waals surface area contributed by atoms with Crippen LogP contribution in [0.2, 0.25) is 0 Å². The fourth-order valence-electron chi connectivity index (χ4n) is 1.33. The van der Waals surface area contributed by atoms with E-state index in [4.69, 9.17) is 4.42 Å². The lowest BCUT2D eigenvalue weighted by atomic mass is 10.3. The molecule has 0 bridgehead atoms. The number of furan rings is 1. The van der Waals surface area contributed by atoms with Crippen LogP contribution in [0.4, 0.5) is 0 Å². The number of halogens is 1. The van der Waals surface area contributed by atoms with E-state index in [1.165, 1.54) is 6.26 Å². The van der Waals surface area contributed by atoms with Crippen LogP contribution in [0.3, 0.4) is 0 Å². The first-order chi connectivity index (χ1) is 8.51. The Balaban J connectivity index is 0.00000324. The van der Waals surface area contributed by atoms with Crippen LogP contribution in [0.25, 0.3) is 0 Å². The average Bonchev–Trinajstić information content (AvgIpc) is 2.78. The predicted molar refractivity (Wildman–Crippen MR) is 86.9 cm³/mol. The zero-order valence-corrected chi connectivity index (χ0v) is 14.2. The molecule has 1 rings (SSSR count). The minimum Gasteiger partial charge on any atom is -0.469 e. The number of hydrogen-bond donors (Lipinski definition) is 2. The number of nitrogens with one attached hydrogen (secondary N) is 2. The molecule has 0 aliphatic carbocycles. The van der Waals surface area contributed by atoms with Crippen molar-refractivity contribution in [2.75, 3.05) is 32.1 Å². The standard InChI is InChI=1S/C11H19N3O3S.HI/c1-12-11(14-7-9-18(2,15)16)13-6-5-10-4-3-8-17-10;/h3-4,8H,5-7,9H2,1-2H3,(H2,12,13,14);1H. The predicted octanol–water partition coefficient (Wildman–Crippen LogP) is 0.650. The molecular formula is C11H20IN3O3S. The Hall–Kier alpha value is -0.770. The van der Waals surface area contributed by atoms with E-state index < -0.39 is 9.84 Å². The second-order valence-corrected chi connectivity index (χ2v) is 6.14. The van der Waals surface area contributed by atoms with Gasteiger partial charge in [-0.05, 0) is 12.1 Å². The summed E-state index contributed by atoms with van der Waals surface area (Å²) in [7, 11) is -1.30. The zero-order chi connectivity index (χ0) is 13.4. The minimum absolute atomic E-state index is 0. The molecule has 0 atom stereocenters. The van der Waals surface area contributed by atoms with Crippen molar-refractivity contribution in [2.45, 2.75) is 6.42 Å². The first-order valence-electron chi connectivity index (χ1n) is 5.66. The Bertz CT molecular complexity index is 471. The lowest BCUT2D eigenvalue weighted by Crippen LogP contribution is -2.40. The normalized spacial score (nSPS) is 11.8. The van der Waals surface area contributed by atoms with Crippen molar-refractivity contribution in [2.24, 2.45) is 4.99 Å². The molecule has 2 N–H and O–H groups in total. The van der Waals surface area contributed by atoms with Gasteiger partial charge in [-0.2, -0.15) is 0 Å². The van der Waals surface area contributed by atoms with E-state index in [1.807, 2.05) is 12.1 Å². The lowest BCUT2D eigenvalue weighted by Gasteiger charge is -2.10. The highest BCUT2D eigenvalue weighted by Gasteiger charge is 2.03. The van der Waals surface area contributed by atoms with E-state index in [-0.39, 0.29) is 29.7 Å². The summed E-state index contributed by atoms with van der Waals surface area (Å²) in [6.07, 6.45) is 3.59. The van der Waals surface area contributed by atoms with Gasteiger partial charge < -0.3 is 15.1 Å². The van der Waals surface area contributed by atoms with Crippen LogP contribution in [0, 0.1) is 0 Å². The summed E-state index contributed by atoms with van der Waals surface area (Å²) in [5.41, 5.74) is 0. The van der Waals surface area contributed by atoms with Crippen molar-refractivity contribution < 1.29 is 12.8 Å². The van der Waals surface area contributed by atoms with E-state index in [2.05, 4.69) is 15.6 Å².